The number of hydrogen-bond donors (Lipinski definition) is 1. The number of hydrogen-bond acceptors (Lipinski definition) is 3. The van der Waals surface area contributed by atoms with E-state index in [-0.39, 0.29) is 5.91 Å². The quantitative estimate of drug-likeness (QED) is 0.879. The van der Waals surface area contributed by atoms with Crippen LogP contribution in [0.4, 0.5) is 5.69 Å². The minimum absolute atomic E-state index is 0.233. The molecule has 0 aliphatic carbocycles. The number of aromatic nitrogens is 1. The smallest absolute Gasteiger partial charge is 0.257 e. The van der Waals surface area contributed by atoms with Gasteiger partial charge in [0, 0.05) is 17.4 Å². The van der Waals surface area contributed by atoms with Gasteiger partial charge < -0.3 is 10.1 Å². The number of pyridine rings is 1. The molecule has 1 heterocycles. The lowest BCUT2D eigenvalue weighted by Gasteiger charge is -2.14. The molecule has 0 bridgehead atoms. The Morgan fingerprint density at radius 3 is 2.60 bits per heavy atom. The number of benzene rings is 1. The van der Waals surface area contributed by atoms with Crippen LogP contribution in [-0.4, -0.2) is 18.0 Å². The fourth-order valence-electron chi connectivity index (χ4n) is 1.98. The highest BCUT2D eigenvalue weighted by Gasteiger charge is 2.12. The molecular formula is C15H15ClN2O2. The number of halogens is 1. The Bertz CT molecular complexity index is 639. The molecule has 0 saturated carbocycles. The van der Waals surface area contributed by atoms with Crippen LogP contribution in [0, 0.1) is 13.8 Å². The molecule has 2 rings (SSSR count). The molecule has 2 aromatic rings. The topological polar surface area (TPSA) is 51.2 Å². The van der Waals surface area contributed by atoms with Crippen molar-refractivity contribution in [2.24, 2.45) is 0 Å². The van der Waals surface area contributed by atoms with Crippen LogP contribution in [0.15, 0.2) is 30.5 Å². The molecule has 104 valence electrons. The van der Waals surface area contributed by atoms with Gasteiger partial charge in [-0.25, -0.2) is 4.98 Å². The molecule has 0 spiro atoms. The van der Waals surface area contributed by atoms with Gasteiger partial charge in [-0.1, -0.05) is 17.7 Å². The van der Waals surface area contributed by atoms with Crippen LogP contribution in [0.2, 0.25) is 5.15 Å². The molecule has 1 N–H and O–H groups in total. The molecule has 0 radical (unpaired) electrons. The summed E-state index contributed by atoms with van der Waals surface area (Å²) in [4.78, 5) is 16.0. The van der Waals surface area contributed by atoms with E-state index in [1.54, 1.807) is 19.2 Å². The molecule has 0 atom stereocenters. The van der Waals surface area contributed by atoms with Crippen LogP contribution in [0.3, 0.4) is 0 Å². The highest BCUT2D eigenvalue weighted by Crippen LogP contribution is 2.29. The first kappa shape index (κ1) is 14.3. The number of carbonyl (C=O) groups excluding carboxylic acids is 1. The molecule has 0 unspecified atom stereocenters. The monoisotopic (exact) mass is 290 g/mol. The Labute approximate surface area is 122 Å². The summed E-state index contributed by atoms with van der Waals surface area (Å²) in [6.45, 7) is 3.86. The van der Waals surface area contributed by atoms with E-state index in [1.165, 1.54) is 6.20 Å². The SMILES string of the molecule is COc1c(C)ccc(NC(=O)c2ccc(Cl)nc2)c1C. The van der Waals surface area contributed by atoms with E-state index in [0.717, 1.165) is 16.9 Å². The van der Waals surface area contributed by atoms with Crippen molar-refractivity contribution in [2.75, 3.05) is 12.4 Å². The van der Waals surface area contributed by atoms with Crippen LogP contribution in [0.25, 0.3) is 0 Å². The average molecular weight is 291 g/mol. The van der Waals surface area contributed by atoms with Gasteiger partial charge in [0.15, 0.2) is 0 Å². The zero-order chi connectivity index (χ0) is 14.7. The summed E-state index contributed by atoms with van der Waals surface area (Å²) in [5.74, 6) is 0.542. The fourth-order valence-corrected chi connectivity index (χ4v) is 2.09. The Morgan fingerprint density at radius 1 is 1.25 bits per heavy atom. The molecule has 0 saturated heterocycles. The van der Waals surface area contributed by atoms with Gasteiger partial charge in [0.2, 0.25) is 0 Å². The van der Waals surface area contributed by atoms with E-state index in [0.29, 0.717) is 16.4 Å². The predicted octanol–water partition coefficient (Wildman–Crippen LogP) is 3.61. The van der Waals surface area contributed by atoms with Gasteiger partial charge in [-0.3, -0.25) is 4.79 Å². The van der Waals surface area contributed by atoms with E-state index in [1.807, 2.05) is 26.0 Å². The standard InChI is InChI=1S/C15H15ClN2O2/c1-9-4-6-12(10(2)14(9)20-3)18-15(19)11-5-7-13(16)17-8-11/h4-8H,1-3H3,(H,18,19). The first-order valence-corrected chi connectivity index (χ1v) is 6.48. The van der Waals surface area contributed by atoms with Gasteiger partial charge in [0.25, 0.3) is 5.91 Å². The number of nitrogens with zero attached hydrogens (tertiary/aromatic N) is 1. The molecule has 0 fully saturated rings. The van der Waals surface area contributed by atoms with Crippen molar-refractivity contribution in [1.82, 2.24) is 4.98 Å². The maximum absolute atomic E-state index is 12.1. The molecular weight excluding hydrogens is 276 g/mol. The second kappa shape index (κ2) is 5.92. The molecule has 1 amide bonds. The molecule has 0 aliphatic rings. The first-order valence-electron chi connectivity index (χ1n) is 6.10. The minimum Gasteiger partial charge on any atom is -0.496 e. The van der Waals surface area contributed by atoms with Crippen LogP contribution in [-0.2, 0) is 0 Å². The molecule has 1 aromatic carbocycles. The Hall–Kier alpha value is -2.07. The molecule has 5 heteroatoms. The number of nitrogens with one attached hydrogen (secondary N) is 1. The number of amides is 1. The van der Waals surface area contributed by atoms with Crippen LogP contribution in [0.1, 0.15) is 21.5 Å². The normalized spacial score (nSPS) is 10.2. The number of rotatable bonds is 3. The van der Waals surface area contributed by atoms with Gasteiger partial charge >= 0.3 is 0 Å². The molecule has 20 heavy (non-hydrogen) atoms. The van der Waals surface area contributed by atoms with Gasteiger partial charge in [0.05, 0.1) is 12.7 Å². The van der Waals surface area contributed by atoms with Gasteiger partial charge in [0.1, 0.15) is 10.9 Å². The van der Waals surface area contributed by atoms with Crippen molar-refractivity contribution >= 4 is 23.2 Å². The second-order valence-electron chi connectivity index (χ2n) is 4.41. The number of anilines is 1. The summed E-state index contributed by atoms with van der Waals surface area (Å²) >= 11 is 5.70. The summed E-state index contributed by atoms with van der Waals surface area (Å²) in [5, 5.41) is 3.20. The summed E-state index contributed by atoms with van der Waals surface area (Å²) in [6, 6.07) is 6.97. The minimum atomic E-state index is -0.233. The van der Waals surface area contributed by atoms with Crippen LogP contribution < -0.4 is 10.1 Å². The first-order chi connectivity index (χ1) is 9.52. The third-order valence-corrected chi connectivity index (χ3v) is 3.27. The lowest BCUT2D eigenvalue weighted by Crippen LogP contribution is -2.13. The maximum Gasteiger partial charge on any atom is 0.257 e. The number of aryl methyl sites for hydroxylation is 1. The zero-order valence-corrected chi connectivity index (χ0v) is 12.3. The Morgan fingerprint density at radius 2 is 2.00 bits per heavy atom. The fraction of sp³-hybridized carbons (Fsp3) is 0.200. The average Bonchev–Trinajstić information content (AvgIpc) is 2.43. The van der Waals surface area contributed by atoms with E-state index < -0.39 is 0 Å². The summed E-state index contributed by atoms with van der Waals surface area (Å²) in [5.41, 5.74) is 3.08. The van der Waals surface area contributed by atoms with Crippen molar-refractivity contribution < 1.29 is 9.53 Å². The summed E-state index contributed by atoms with van der Waals surface area (Å²) in [7, 11) is 1.62. The third-order valence-electron chi connectivity index (χ3n) is 3.04. The molecule has 4 nitrogen and oxygen atoms in total. The highest BCUT2D eigenvalue weighted by atomic mass is 35.5. The number of methoxy groups -OCH3 is 1. The van der Waals surface area contributed by atoms with Crippen molar-refractivity contribution in [2.45, 2.75) is 13.8 Å². The van der Waals surface area contributed by atoms with Crippen molar-refractivity contribution in [3.05, 3.63) is 52.3 Å². The molecule has 1 aromatic heterocycles. The Balaban J connectivity index is 2.26. The van der Waals surface area contributed by atoms with Gasteiger partial charge in [-0.15, -0.1) is 0 Å². The zero-order valence-electron chi connectivity index (χ0n) is 11.5. The van der Waals surface area contributed by atoms with E-state index >= 15 is 0 Å². The van der Waals surface area contributed by atoms with Crippen molar-refractivity contribution in [3.63, 3.8) is 0 Å². The van der Waals surface area contributed by atoms with Crippen molar-refractivity contribution in [3.8, 4) is 5.75 Å². The van der Waals surface area contributed by atoms with E-state index in [9.17, 15) is 4.79 Å². The highest BCUT2D eigenvalue weighted by molar-refractivity contribution is 6.29. The van der Waals surface area contributed by atoms with Crippen molar-refractivity contribution in [1.29, 1.82) is 0 Å². The van der Waals surface area contributed by atoms with Gasteiger partial charge in [-0.05, 0) is 37.6 Å². The number of ether oxygens (including phenoxy) is 1. The van der Waals surface area contributed by atoms with E-state index in [2.05, 4.69) is 10.3 Å². The Kier molecular flexibility index (Phi) is 4.25. The van der Waals surface area contributed by atoms with Crippen LogP contribution in [0.5, 0.6) is 5.75 Å². The summed E-state index contributed by atoms with van der Waals surface area (Å²) < 4.78 is 5.34. The number of carbonyl (C=O) groups is 1. The lowest BCUT2D eigenvalue weighted by atomic mass is 10.1. The second-order valence-corrected chi connectivity index (χ2v) is 4.80. The summed E-state index contributed by atoms with van der Waals surface area (Å²) in [6.07, 6.45) is 1.44. The maximum atomic E-state index is 12.1. The van der Waals surface area contributed by atoms with Gasteiger partial charge in [-0.2, -0.15) is 0 Å². The molecule has 0 aliphatic heterocycles. The lowest BCUT2D eigenvalue weighted by molar-refractivity contribution is 0.102. The van der Waals surface area contributed by atoms with E-state index in [4.69, 9.17) is 16.3 Å². The third kappa shape index (κ3) is 2.91. The van der Waals surface area contributed by atoms with Crippen LogP contribution >= 0.6 is 11.6 Å². The largest absolute Gasteiger partial charge is 0.496 e. The predicted molar refractivity (Wildman–Crippen MR) is 79.7 cm³/mol.